The van der Waals surface area contributed by atoms with E-state index in [1.807, 2.05) is 54.6 Å². The lowest BCUT2D eigenvalue weighted by Gasteiger charge is -2.11. The first-order valence-electron chi connectivity index (χ1n) is 12.2. The van der Waals surface area contributed by atoms with Crippen molar-refractivity contribution in [2.75, 3.05) is 18.4 Å². The molecule has 2 heterocycles. The van der Waals surface area contributed by atoms with Gasteiger partial charge in [0.2, 0.25) is 0 Å². The van der Waals surface area contributed by atoms with Gasteiger partial charge in [-0.25, -0.2) is 0 Å². The zero-order chi connectivity index (χ0) is 25.6. The van der Waals surface area contributed by atoms with Crippen molar-refractivity contribution >= 4 is 45.2 Å². The second kappa shape index (κ2) is 10.8. The molecule has 0 radical (unpaired) electrons. The Bertz CT molecular complexity index is 1520. The van der Waals surface area contributed by atoms with E-state index in [-0.39, 0.29) is 11.6 Å². The molecule has 5 rings (SSSR count). The second-order valence-corrected chi connectivity index (χ2v) is 8.78. The number of amides is 3. The minimum Gasteiger partial charge on any atom is -0.358 e. The standard InChI is InChI=1S/C29H27N5O3/c35-27(30-15-13-21-17-19-7-1-4-10-24(19)32-21)23-9-3-6-12-26(23)34-29(37)28(36)31-16-14-22-18-20-8-2-5-11-25(20)33-22/h1-12,17-18,32-33H,13-16H2,(H,30,35)(H,31,36)(H,34,37). The third-order valence-corrected chi connectivity index (χ3v) is 6.16. The Labute approximate surface area is 213 Å². The summed E-state index contributed by atoms with van der Waals surface area (Å²) >= 11 is 0. The largest absolute Gasteiger partial charge is 0.358 e. The van der Waals surface area contributed by atoms with Crippen molar-refractivity contribution in [2.45, 2.75) is 12.8 Å². The van der Waals surface area contributed by atoms with E-state index < -0.39 is 11.8 Å². The van der Waals surface area contributed by atoms with Crippen LogP contribution in [0.1, 0.15) is 21.7 Å². The summed E-state index contributed by atoms with van der Waals surface area (Å²) in [5.74, 6) is -1.91. The highest BCUT2D eigenvalue weighted by Gasteiger charge is 2.17. The molecule has 0 unspecified atom stereocenters. The Hall–Kier alpha value is -4.85. The number of hydrogen-bond acceptors (Lipinski definition) is 3. The topological polar surface area (TPSA) is 119 Å². The van der Waals surface area contributed by atoms with Gasteiger partial charge in [-0.15, -0.1) is 0 Å². The molecular weight excluding hydrogens is 466 g/mol. The zero-order valence-corrected chi connectivity index (χ0v) is 20.1. The monoisotopic (exact) mass is 493 g/mol. The van der Waals surface area contributed by atoms with Crippen molar-refractivity contribution in [2.24, 2.45) is 0 Å². The number of aromatic nitrogens is 2. The molecule has 0 atom stereocenters. The van der Waals surface area contributed by atoms with Crippen LogP contribution in [0.5, 0.6) is 0 Å². The van der Waals surface area contributed by atoms with Crippen LogP contribution in [-0.4, -0.2) is 40.8 Å². The number of anilines is 1. The number of nitrogens with one attached hydrogen (secondary N) is 5. The zero-order valence-electron chi connectivity index (χ0n) is 20.1. The van der Waals surface area contributed by atoms with Crippen molar-refractivity contribution in [1.29, 1.82) is 0 Å². The quantitative estimate of drug-likeness (QED) is 0.211. The fraction of sp³-hybridized carbons (Fsp3) is 0.138. The number of H-pyrrole nitrogens is 2. The summed E-state index contributed by atoms with van der Waals surface area (Å²) in [4.78, 5) is 44.3. The van der Waals surface area contributed by atoms with Crippen molar-refractivity contribution in [1.82, 2.24) is 20.6 Å². The SMILES string of the molecule is O=C(NCCc1cc2ccccc2[nH]1)C(=O)Nc1ccccc1C(=O)NCCc1cc2ccccc2[nH]1. The summed E-state index contributed by atoms with van der Waals surface area (Å²) in [5.41, 5.74) is 4.64. The van der Waals surface area contributed by atoms with Crippen LogP contribution >= 0.6 is 0 Å². The maximum atomic E-state index is 12.8. The molecule has 0 aliphatic rings. The maximum Gasteiger partial charge on any atom is 0.313 e. The molecule has 8 nitrogen and oxygen atoms in total. The molecule has 186 valence electrons. The molecule has 3 aromatic carbocycles. The van der Waals surface area contributed by atoms with Gasteiger partial charge in [0, 0.05) is 48.4 Å². The first kappa shape index (κ1) is 23.9. The van der Waals surface area contributed by atoms with Crippen LogP contribution in [0.3, 0.4) is 0 Å². The first-order valence-corrected chi connectivity index (χ1v) is 12.2. The fourth-order valence-corrected chi connectivity index (χ4v) is 4.30. The molecule has 8 heteroatoms. The van der Waals surface area contributed by atoms with Gasteiger partial charge in [-0.3, -0.25) is 14.4 Å². The second-order valence-electron chi connectivity index (χ2n) is 8.78. The molecule has 0 saturated heterocycles. The lowest BCUT2D eigenvalue weighted by molar-refractivity contribution is -0.136. The van der Waals surface area contributed by atoms with E-state index in [1.54, 1.807) is 24.3 Å². The summed E-state index contributed by atoms with van der Waals surface area (Å²) in [6, 6.07) is 26.6. The lowest BCUT2D eigenvalue weighted by atomic mass is 10.1. The number of fused-ring (bicyclic) bond motifs is 2. The highest BCUT2D eigenvalue weighted by molar-refractivity contribution is 6.40. The first-order chi connectivity index (χ1) is 18.1. The predicted octanol–water partition coefficient (Wildman–Crippen LogP) is 3.92. The van der Waals surface area contributed by atoms with Crippen molar-refractivity contribution in [3.63, 3.8) is 0 Å². The molecule has 0 saturated carbocycles. The van der Waals surface area contributed by atoms with Gasteiger partial charge in [-0.1, -0.05) is 48.5 Å². The van der Waals surface area contributed by atoms with E-state index in [4.69, 9.17) is 0 Å². The molecule has 2 aromatic heterocycles. The Balaban J connectivity index is 1.12. The Kier molecular flexibility index (Phi) is 6.98. The predicted molar refractivity (Wildman–Crippen MR) is 144 cm³/mol. The van der Waals surface area contributed by atoms with E-state index in [0.29, 0.717) is 31.5 Å². The average Bonchev–Trinajstić information content (AvgIpc) is 3.52. The van der Waals surface area contributed by atoms with E-state index in [9.17, 15) is 14.4 Å². The Morgan fingerprint density at radius 3 is 1.78 bits per heavy atom. The summed E-state index contributed by atoms with van der Waals surface area (Å²) in [6.07, 6.45) is 1.19. The molecule has 37 heavy (non-hydrogen) atoms. The molecule has 0 spiro atoms. The molecule has 0 aliphatic heterocycles. The van der Waals surface area contributed by atoms with Gasteiger partial charge in [-0.05, 0) is 47.2 Å². The summed E-state index contributed by atoms with van der Waals surface area (Å²) in [6.45, 7) is 0.719. The van der Waals surface area contributed by atoms with Crippen molar-refractivity contribution < 1.29 is 14.4 Å². The summed E-state index contributed by atoms with van der Waals surface area (Å²) in [7, 11) is 0. The number of aromatic amines is 2. The number of para-hydroxylation sites is 3. The van der Waals surface area contributed by atoms with Gasteiger partial charge in [0.25, 0.3) is 5.91 Å². The van der Waals surface area contributed by atoms with E-state index >= 15 is 0 Å². The molecule has 0 fully saturated rings. The number of rotatable bonds is 8. The van der Waals surface area contributed by atoms with Gasteiger partial charge in [0.05, 0.1) is 11.3 Å². The molecule has 0 bridgehead atoms. The van der Waals surface area contributed by atoms with Crippen LogP contribution < -0.4 is 16.0 Å². The smallest absolute Gasteiger partial charge is 0.313 e. The summed E-state index contributed by atoms with van der Waals surface area (Å²) < 4.78 is 0. The molecule has 5 N–H and O–H groups in total. The Morgan fingerprint density at radius 2 is 1.16 bits per heavy atom. The van der Waals surface area contributed by atoms with Gasteiger partial charge < -0.3 is 25.9 Å². The summed E-state index contributed by atoms with van der Waals surface area (Å²) in [5, 5.41) is 10.3. The van der Waals surface area contributed by atoms with Crippen molar-refractivity contribution in [3.8, 4) is 0 Å². The Morgan fingerprint density at radius 1 is 0.622 bits per heavy atom. The normalized spacial score (nSPS) is 10.9. The molecule has 3 amide bonds. The maximum absolute atomic E-state index is 12.8. The minimum absolute atomic E-state index is 0.279. The van der Waals surface area contributed by atoms with Crippen molar-refractivity contribution in [3.05, 3.63) is 102 Å². The highest BCUT2D eigenvalue weighted by atomic mass is 16.2. The lowest BCUT2D eigenvalue weighted by Crippen LogP contribution is -2.37. The van der Waals surface area contributed by atoms with Crippen LogP contribution in [0.4, 0.5) is 5.69 Å². The molecule has 0 aliphatic carbocycles. The van der Waals surface area contributed by atoms with Crippen LogP contribution in [0.15, 0.2) is 84.9 Å². The van der Waals surface area contributed by atoms with E-state index in [1.165, 1.54) is 0 Å². The number of carbonyl (C=O) groups excluding carboxylic acids is 3. The van der Waals surface area contributed by atoms with Crippen LogP contribution in [-0.2, 0) is 22.4 Å². The van der Waals surface area contributed by atoms with Gasteiger partial charge in [0.15, 0.2) is 0 Å². The molecule has 5 aromatic rings. The third kappa shape index (κ3) is 5.70. The van der Waals surface area contributed by atoms with Gasteiger partial charge >= 0.3 is 11.8 Å². The number of benzene rings is 3. The number of hydrogen-bond donors (Lipinski definition) is 5. The van der Waals surface area contributed by atoms with E-state index in [0.717, 1.165) is 33.2 Å². The minimum atomic E-state index is -0.824. The van der Waals surface area contributed by atoms with Gasteiger partial charge in [-0.2, -0.15) is 0 Å². The molecular formula is C29H27N5O3. The van der Waals surface area contributed by atoms with Crippen LogP contribution in [0, 0.1) is 0 Å². The van der Waals surface area contributed by atoms with Crippen LogP contribution in [0.2, 0.25) is 0 Å². The van der Waals surface area contributed by atoms with Crippen LogP contribution in [0.25, 0.3) is 21.8 Å². The van der Waals surface area contributed by atoms with E-state index in [2.05, 4.69) is 32.0 Å². The third-order valence-electron chi connectivity index (χ3n) is 6.16. The number of carbonyl (C=O) groups is 3. The average molecular weight is 494 g/mol. The highest BCUT2D eigenvalue weighted by Crippen LogP contribution is 2.17. The van der Waals surface area contributed by atoms with Gasteiger partial charge in [0.1, 0.15) is 0 Å². The fourth-order valence-electron chi connectivity index (χ4n) is 4.30.